The number of nitrogens with zero attached hydrogens (tertiary/aromatic N) is 2. The standard InChI is InChI=1S/C17H15N3O3/c1-22-17-14(4-2-6-19-17)16(21)20-10-12-8-13(11-18-9-12)15-5-3-7-23-15/h2-9,11H,10H2,1H3,(H,20,21). The van der Waals surface area contributed by atoms with Crippen molar-refractivity contribution in [3.05, 3.63) is 66.3 Å². The van der Waals surface area contributed by atoms with Gasteiger partial charge in [-0.1, -0.05) is 0 Å². The van der Waals surface area contributed by atoms with Crippen LogP contribution in [0.2, 0.25) is 0 Å². The van der Waals surface area contributed by atoms with E-state index < -0.39 is 0 Å². The molecule has 1 amide bonds. The summed E-state index contributed by atoms with van der Waals surface area (Å²) >= 11 is 0. The van der Waals surface area contributed by atoms with Crippen molar-refractivity contribution in [1.29, 1.82) is 0 Å². The van der Waals surface area contributed by atoms with Gasteiger partial charge in [-0.05, 0) is 35.9 Å². The first-order valence-corrected chi connectivity index (χ1v) is 7.03. The lowest BCUT2D eigenvalue weighted by Crippen LogP contribution is -2.23. The van der Waals surface area contributed by atoms with Gasteiger partial charge in [0, 0.05) is 30.7 Å². The van der Waals surface area contributed by atoms with Crippen molar-refractivity contribution in [2.45, 2.75) is 6.54 Å². The smallest absolute Gasteiger partial charge is 0.257 e. The van der Waals surface area contributed by atoms with Crippen molar-refractivity contribution < 1.29 is 13.9 Å². The molecule has 0 fully saturated rings. The van der Waals surface area contributed by atoms with Gasteiger partial charge < -0.3 is 14.5 Å². The third-order valence-electron chi connectivity index (χ3n) is 3.26. The number of aromatic nitrogens is 2. The number of carbonyl (C=O) groups is 1. The summed E-state index contributed by atoms with van der Waals surface area (Å²) < 4.78 is 10.4. The fourth-order valence-corrected chi connectivity index (χ4v) is 2.17. The minimum Gasteiger partial charge on any atom is -0.480 e. The molecule has 6 heteroatoms. The molecule has 116 valence electrons. The van der Waals surface area contributed by atoms with E-state index in [-0.39, 0.29) is 5.91 Å². The molecule has 0 bridgehead atoms. The van der Waals surface area contributed by atoms with Crippen LogP contribution in [0, 0.1) is 0 Å². The summed E-state index contributed by atoms with van der Waals surface area (Å²) in [6.07, 6.45) is 6.60. The Hall–Kier alpha value is -3.15. The Morgan fingerprint density at radius 1 is 1.30 bits per heavy atom. The Morgan fingerprint density at radius 2 is 2.22 bits per heavy atom. The summed E-state index contributed by atoms with van der Waals surface area (Å²) in [6, 6.07) is 8.96. The van der Waals surface area contributed by atoms with Gasteiger partial charge in [0.05, 0.1) is 13.4 Å². The second-order valence-electron chi connectivity index (χ2n) is 4.80. The van der Waals surface area contributed by atoms with Crippen molar-refractivity contribution in [3.8, 4) is 17.2 Å². The Morgan fingerprint density at radius 3 is 3.00 bits per heavy atom. The molecule has 0 atom stereocenters. The number of hydrogen-bond donors (Lipinski definition) is 1. The normalized spacial score (nSPS) is 10.3. The molecule has 1 N–H and O–H groups in total. The maximum atomic E-state index is 12.2. The fraction of sp³-hybridized carbons (Fsp3) is 0.118. The molecule has 0 aliphatic carbocycles. The number of pyridine rings is 2. The minimum atomic E-state index is -0.252. The number of furan rings is 1. The van der Waals surface area contributed by atoms with Crippen LogP contribution in [-0.4, -0.2) is 23.0 Å². The van der Waals surface area contributed by atoms with Gasteiger partial charge in [-0.25, -0.2) is 4.98 Å². The number of methoxy groups -OCH3 is 1. The molecule has 0 radical (unpaired) electrons. The molecule has 0 saturated carbocycles. The van der Waals surface area contributed by atoms with Gasteiger partial charge in [-0.15, -0.1) is 0 Å². The predicted octanol–water partition coefficient (Wildman–Crippen LogP) is 2.68. The summed E-state index contributed by atoms with van der Waals surface area (Å²) in [6.45, 7) is 0.346. The number of ether oxygens (including phenoxy) is 1. The van der Waals surface area contributed by atoms with Crippen LogP contribution in [-0.2, 0) is 6.54 Å². The number of hydrogen-bond acceptors (Lipinski definition) is 5. The van der Waals surface area contributed by atoms with Crippen LogP contribution < -0.4 is 10.1 Å². The molecule has 0 aromatic carbocycles. The van der Waals surface area contributed by atoms with Crippen LogP contribution in [0.15, 0.2) is 59.6 Å². The molecule has 0 saturated heterocycles. The van der Waals surface area contributed by atoms with E-state index >= 15 is 0 Å². The highest BCUT2D eigenvalue weighted by atomic mass is 16.5. The van der Waals surface area contributed by atoms with Crippen molar-refractivity contribution in [1.82, 2.24) is 15.3 Å². The summed E-state index contributed by atoms with van der Waals surface area (Å²) in [7, 11) is 1.48. The number of nitrogens with one attached hydrogen (secondary N) is 1. The molecule has 6 nitrogen and oxygen atoms in total. The van der Waals surface area contributed by atoms with E-state index in [4.69, 9.17) is 9.15 Å². The zero-order valence-corrected chi connectivity index (χ0v) is 12.5. The highest BCUT2D eigenvalue weighted by Gasteiger charge is 2.12. The Labute approximate surface area is 133 Å². The van der Waals surface area contributed by atoms with Gasteiger partial charge in [0.25, 0.3) is 5.91 Å². The third-order valence-corrected chi connectivity index (χ3v) is 3.26. The van der Waals surface area contributed by atoms with E-state index in [1.54, 1.807) is 37.0 Å². The lowest BCUT2D eigenvalue weighted by atomic mass is 10.1. The number of carbonyl (C=O) groups excluding carboxylic acids is 1. The molecule has 0 unspecified atom stereocenters. The SMILES string of the molecule is COc1ncccc1C(=O)NCc1cncc(-c2ccco2)c1. The van der Waals surface area contributed by atoms with E-state index in [1.165, 1.54) is 7.11 Å². The lowest BCUT2D eigenvalue weighted by Gasteiger charge is -2.08. The van der Waals surface area contributed by atoms with Gasteiger partial charge in [0.1, 0.15) is 11.3 Å². The Bertz CT molecular complexity index is 800. The second-order valence-corrected chi connectivity index (χ2v) is 4.80. The van der Waals surface area contributed by atoms with Gasteiger partial charge in [-0.2, -0.15) is 0 Å². The first kappa shape index (κ1) is 14.8. The number of amides is 1. The molecule has 3 aromatic heterocycles. The molecular weight excluding hydrogens is 294 g/mol. The highest BCUT2D eigenvalue weighted by Crippen LogP contribution is 2.19. The second kappa shape index (κ2) is 6.74. The molecule has 0 aliphatic heterocycles. The van der Waals surface area contributed by atoms with Crippen molar-refractivity contribution >= 4 is 5.91 Å². The predicted molar refractivity (Wildman–Crippen MR) is 83.9 cm³/mol. The van der Waals surface area contributed by atoms with Gasteiger partial charge >= 0.3 is 0 Å². The molecule has 3 aromatic rings. The molecule has 0 aliphatic rings. The summed E-state index contributed by atoms with van der Waals surface area (Å²) in [4.78, 5) is 20.4. The maximum absolute atomic E-state index is 12.2. The topological polar surface area (TPSA) is 77.2 Å². The largest absolute Gasteiger partial charge is 0.480 e. The monoisotopic (exact) mass is 309 g/mol. The number of rotatable bonds is 5. The Balaban J connectivity index is 1.71. The zero-order chi connectivity index (χ0) is 16.1. The average molecular weight is 309 g/mol. The van der Waals surface area contributed by atoms with Crippen LogP contribution in [0.25, 0.3) is 11.3 Å². The quantitative estimate of drug-likeness (QED) is 0.784. The summed E-state index contributed by atoms with van der Waals surface area (Å²) in [5.74, 6) is 0.783. The summed E-state index contributed by atoms with van der Waals surface area (Å²) in [5, 5.41) is 2.83. The molecule has 0 spiro atoms. The molecule has 3 rings (SSSR count). The van der Waals surface area contributed by atoms with E-state index in [0.29, 0.717) is 18.0 Å². The summed E-state index contributed by atoms with van der Waals surface area (Å²) in [5.41, 5.74) is 2.13. The van der Waals surface area contributed by atoms with Crippen LogP contribution in [0.1, 0.15) is 15.9 Å². The van der Waals surface area contributed by atoms with Crippen molar-refractivity contribution in [2.75, 3.05) is 7.11 Å². The van der Waals surface area contributed by atoms with E-state index in [2.05, 4.69) is 15.3 Å². The van der Waals surface area contributed by atoms with Gasteiger partial charge in [-0.3, -0.25) is 9.78 Å². The first-order valence-electron chi connectivity index (χ1n) is 7.03. The van der Waals surface area contributed by atoms with Gasteiger partial charge in [0.2, 0.25) is 5.88 Å². The van der Waals surface area contributed by atoms with Gasteiger partial charge in [0.15, 0.2) is 0 Å². The van der Waals surface area contributed by atoms with Crippen LogP contribution in [0.5, 0.6) is 5.88 Å². The van der Waals surface area contributed by atoms with Crippen LogP contribution >= 0.6 is 0 Å². The van der Waals surface area contributed by atoms with Crippen LogP contribution in [0.3, 0.4) is 0 Å². The molecule has 23 heavy (non-hydrogen) atoms. The van der Waals surface area contributed by atoms with Crippen LogP contribution in [0.4, 0.5) is 0 Å². The minimum absolute atomic E-state index is 0.252. The third kappa shape index (κ3) is 3.37. The Kier molecular flexibility index (Phi) is 4.33. The van der Waals surface area contributed by atoms with E-state index in [0.717, 1.165) is 16.9 Å². The first-order chi connectivity index (χ1) is 11.3. The van der Waals surface area contributed by atoms with Crippen molar-refractivity contribution in [3.63, 3.8) is 0 Å². The van der Waals surface area contributed by atoms with E-state index in [1.807, 2.05) is 18.2 Å². The molecule has 3 heterocycles. The lowest BCUT2D eigenvalue weighted by molar-refractivity contribution is 0.0947. The average Bonchev–Trinajstić information content (AvgIpc) is 3.14. The fourth-order valence-electron chi connectivity index (χ4n) is 2.17. The highest BCUT2D eigenvalue weighted by molar-refractivity contribution is 5.96. The van der Waals surface area contributed by atoms with Crippen molar-refractivity contribution in [2.24, 2.45) is 0 Å². The maximum Gasteiger partial charge on any atom is 0.257 e. The molecular formula is C17H15N3O3. The van der Waals surface area contributed by atoms with E-state index in [9.17, 15) is 4.79 Å². The zero-order valence-electron chi connectivity index (χ0n) is 12.5.